The third kappa shape index (κ3) is 2.07. The summed E-state index contributed by atoms with van der Waals surface area (Å²) in [6, 6.07) is 14.6. The summed E-state index contributed by atoms with van der Waals surface area (Å²) < 4.78 is 0. The van der Waals surface area contributed by atoms with E-state index in [2.05, 4.69) is 43.5 Å². The van der Waals surface area contributed by atoms with E-state index in [4.69, 9.17) is 0 Å². The van der Waals surface area contributed by atoms with E-state index in [9.17, 15) is 4.79 Å². The number of hydrogen-bond acceptors (Lipinski definition) is 1. The second kappa shape index (κ2) is 5.62. The molecule has 2 aromatic carbocycles. The van der Waals surface area contributed by atoms with Crippen LogP contribution in [0.5, 0.6) is 0 Å². The zero-order chi connectivity index (χ0) is 13.9. The summed E-state index contributed by atoms with van der Waals surface area (Å²) in [5, 5.41) is 0. The summed E-state index contributed by atoms with van der Waals surface area (Å²) >= 11 is 0. The average molecular weight is 263 g/mol. The van der Waals surface area contributed by atoms with Crippen molar-refractivity contribution in [1.29, 1.82) is 0 Å². The first kappa shape index (κ1) is 13.1. The summed E-state index contributed by atoms with van der Waals surface area (Å²) in [6.45, 7) is 2.22. The van der Waals surface area contributed by atoms with Gasteiger partial charge in [0.1, 0.15) is 0 Å². The van der Waals surface area contributed by atoms with Crippen molar-refractivity contribution in [2.75, 3.05) is 0 Å². The molecule has 1 unspecified atom stereocenters. The second-order valence-corrected chi connectivity index (χ2v) is 5.47. The molecule has 0 bridgehead atoms. The maximum Gasteiger partial charge on any atom is 0.211 e. The van der Waals surface area contributed by atoms with Crippen molar-refractivity contribution in [2.45, 2.75) is 38.5 Å². The Kier molecular flexibility index (Phi) is 3.68. The number of rotatable bonds is 5. The summed E-state index contributed by atoms with van der Waals surface area (Å²) in [7, 11) is 0. The molecule has 0 aromatic heterocycles. The molecule has 0 N–H and O–H groups in total. The Morgan fingerprint density at radius 1 is 1.00 bits per heavy atom. The van der Waals surface area contributed by atoms with Crippen LogP contribution in [0.25, 0.3) is 11.1 Å². The highest BCUT2D eigenvalue weighted by Gasteiger charge is 2.30. The normalized spacial score (nSPS) is 15.8. The quantitative estimate of drug-likeness (QED) is 0.718. The number of benzene rings is 2. The smallest absolute Gasteiger partial charge is 0.211 e. The fourth-order valence-electron chi connectivity index (χ4n) is 3.24. The highest BCUT2D eigenvalue weighted by Crippen LogP contribution is 2.45. The minimum atomic E-state index is -0.195. The molecule has 0 heterocycles. The lowest BCUT2D eigenvalue weighted by Gasteiger charge is -2.11. The molecule has 3 rings (SSSR count). The van der Waals surface area contributed by atoms with Crippen LogP contribution in [0.2, 0.25) is 0 Å². The molecule has 0 saturated heterocycles. The molecule has 0 spiro atoms. The van der Waals surface area contributed by atoms with E-state index in [0.717, 1.165) is 12.0 Å². The van der Waals surface area contributed by atoms with Gasteiger partial charge in [0.2, 0.25) is 6.29 Å². The van der Waals surface area contributed by atoms with Crippen molar-refractivity contribution in [1.82, 2.24) is 0 Å². The van der Waals surface area contributed by atoms with Crippen molar-refractivity contribution in [2.24, 2.45) is 0 Å². The lowest BCUT2D eigenvalue weighted by atomic mass is 9.91. The van der Waals surface area contributed by atoms with Gasteiger partial charge in [-0.25, -0.2) is 0 Å². The Morgan fingerprint density at radius 2 is 1.80 bits per heavy atom. The van der Waals surface area contributed by atoms with Gasteiger partial charge in [0.25, 0.3) is 0 Å². The average Bonchev–Trinajstić information content (AvgIpc) is 2.82. The van der Waals surface area contributed by atoms with Crippen molar-refractivity contribution >= 4 is 6.29 Å². The van der Waals surface area contributed by atoms with Gasteiger partial charge < -0.3 is 0 Å². The molecule has 1 radical (unpaired) electrons. The predicted molar refractivity (Wildman–Crippen MR) is 82.6 cm³/mol. The van der Waals surface area contributed by atoms with Gasteiger partial charge in [0.05, 0.1) is 5.92 Å². The van der Waals surface area contributed by atoms with Gasteiger partial charge in [-0.05, 0) is 40.7 Å². The molecule has 2 aromatic rings. The Labute approximate surface area is 120 Å². The first-order valence-electron chi connectivity index (χ1n) is 7.45. The molecule has 1 nitrogen and oxygen atoms in total. The SMILES string of the molecule is CCCCCc1cccc2c1C([C]=O)c1ccccc1-2. The van der Waals surface area contributed by atoms with E-state index in [1.165, 1.54) is 41.5 Å². The van der Waals surface area contributed by atoms with E-state index in [0.29, 0.717) is 0 Å². The molecule has 1 aliphatic carbocycles. The van der Waals surface area contributed by atoms with E-state index < -0.39 is 0 Å². The van der Waals surface area contributed by atoms with Crippen molar-refractivity contribution in [3.63, 3.8) is 0 Å². The van der Waals surface area contributed by atoms with Crippen LogP contribution in [0.3, 0.4) is 0 Å². The summed E-state index contributed by atoms with van der Waals surface area (Å²) in [5.74, 6) is -0.195. The van der Waals surface area contributed by atoms with Gasteiger partial charge >= 0.3 is 0 Å². The highest BCUT2D eigenvalue weighted by atomic mass is 16.1. The first-order chi connectivity index (χ1) is 9.86. The van der Waals surface area contributed by atoms with Crippen molar-refractivity contribution < 1.29 is 4.79 Å². The molecule has 0 amide bonds. The van der Waals surface area contributed by atoms with Gasteiger partial charge in [-0.3, -0.25) is 4.79 Å². The van der Waals surface area contributed by atoms with Crippen LogP contribution in [0.15, 0.2) is 42.5 Å². The molecular formula is C19H19O. The number of unbranched alkanes of at least 4 members (excludes halogenated alkanes) is 2. The van der Waals surface area contributed by atoms with Crippen LogP contribution in [-0.4, -0.2) is 6.29 Å². The van der Waals surface area contributed by atoms with Gasteiger partial charge in [-0.15, -0.1) is 0 Å². The maximum absolute atomic E-state index is 11.5. The Balaban J connectivity index is 2.06. The number of hydrogen-bond donors (Lipinski definition) is 0. The molecule has 1 atom stereocenters. The monoisotopic (exact) mass is 263 g/mol. The van der Waals surface area contributed by atoms with Crippen molar-refractivity contribution in [3.8, 4) is 11.1 Å². The summed E-state index contributed by atoms with van der Waals surface area (Å²) in [6.07, 6.45) is 6.97. The predicted octanol–water partition coefficient (Wildman–Crippen LogP) is 4.64. The minimum Gasteiger partial charge on any atom is -0.290 e. The van der Waals surface area contributed by atoms with Crippen LogP contribution < -0.4 is 0 Å². The van der Waals surface area contributed by atoms with E-state index in [1.807, 2.05) is 12.1 Å². The molecule has 1 aliphatic rings. The van der Waals surface area contributed by atoms with Crippen LogP contribution in [0.1, 0.15) is 48.8 Å². The zero-order valence-corrected chi connectivity index (χ0v) is 11.9. The fraction of sp³-hybridized carbons (Fsp3) is 0.316. The lowest BCUT2D eigenvalue weighted by Crippen LogP contribution is -2.02. The van der Waals surface area contributed by atoms with Crippen LogP contribution in [0.4, 0.5) is 0 Å². The molecule has 101 valence electrons. The Morgan fingerprint density at radius 3 is 2.60 bits per heavy atom. The molecule has 1 heteroatoms. The van der Waals surface area contributed by atoms with Crippen LogP contribution in [-0.2, 0) is 11.2 Å². The molecule has 0 fully saturated rings. The Hall–Kier alpha value is -1.89. The van der Waals surface area contributed by atoms with Crippen LogP contribution in [0, 0.1) is 0 Å². The second-order valence-electron chi connectivity index (χ2n) is 5.47. The van der Waals surface area contributed by atoms with Crippen LogP contribution >= 0.6 is 0 Å². The standard InChI is InChI=1S/C19H19O/c1-2-3-4-8-14-9-7-12-17-15-10-5-6-11-16(15)18(13-20)19(14)17/h5-7,9-12,18H,2-4,8H2,1H3. The number of fused-ring (bicyclic) bond motifs is 3. The lowest BCUT2D eigenvalue weighted by molar-refractivity contribution is 0.549. The van der Waals surface area contributed by atoms with E-state index in [-0.39, 0.29) is 5.92 Å². The minimum absolute atomic E-state index is 0.195. The highest BCUT2D eigenvalue weighted by molar-refractivity contribution is 5.88. The topological polar surface area (TPSA) is 17.1 Å². The molecular weight excluding hydrogens is 244 g/mol. The van der Waals surface area contributed by atoms with Gasteiger partial charge in [0.15, 0.2) is 0 Å². The molecule has 20 heavy (non-hydrogen) atoms. The van der Waals surface area contributed by atoms with E-state index >= 15 is 0 Å². The summed E-state index contributed by atoms with van der Waals surface area (Å²) in [5.41, 5.74) is 6.05. The molecule has 0 aliphatic heterocycles. The van der Waals surface area contributed by atoms with Gasteiger partial charge in [-0.2, -0.15) is 0 Å². The third-order valence-electron chi connectivity index (χ3n) is 4.21. The largest absolute Gasteiger partial charge is 0.290 e. The molecule has 0 saturated carbocycles. The first-order valence-corrected chi connectivity index (χ1v) is 7.45. The van der Waals surface area contributed by atoms with Gasteiger partial charge in [-0.1, -0.05) is 62.2 Å². The summed E-state index contributed by atoms with van der Waals surface area (Å²) in [4.78, 5) is 11.5. The zero-order valence-electron chi connectivity index (χ0n) is 11.9. The number of aryl methyl sites for hydroxylation is 1. The van der Waals surface area contributed by atoms with Gasteiger partial charge in [0, 0.05) is 0 Å². The number of carbonyl (C=O) groups excluding carboxylic acids is 1. The maximum atomic E-state index is 11.5. The Bertz CT molecular complexity index is 627. The van der Waals surface area contributed by atoms with Crippen molar-refractivity contribution in [3.05, 3.63) is 59.2 Å². The van der Waals surface area contributed by atoms with E-state index in [1.54, 1.807) is 0 Å². The third-order valence-corrected chi connectivity index (χ3v) is 4.21. The fourth-order valence-corrected chi connectivity index (χ4v) is 3.24.